The van der Waals surface area contributed by atoms with Gasteiger partial charge in [0.1, 0.15) is 0 Å². The molecule has 2 aromatic carbocycles. The lowest BCUT2D eigenvalue weighted by Crippen LogP contribution is -2.51. The van der Waals surface area contributed by atoms with Crippen LogP contribution in [-0.2, 0) is 6.18 Å². The summed E-state index contributed by atoms with van der Waals surface area (Å²) in [5.74, 6) is 0. The summed E-state index contributed by atoms with van der Waals surface area (Å²) in [7, 11) is 0. The molecule has 0 spiro atoms. The van der Waals surface area contributed by atoms with Gasteiger partial charge in [-0.1, -0.05) is 24.3 Å². The number of amides is 3. The molecule has 0 atom stereocenters. The molecule has 1 N–H and O–H groups in total. The van der Waals surface area contributed by atoms with Gasteiger partial charge in [-0.25, -0.2) is 14.6 Å². The fraction of sp³-hybridized carbons (Fsp3) is 0.111. The van der Waals surface area contributed by atoms with Crippen molar-refractivity contribution in [3.8, 4) is 0 Å². The van der Waals surface area contributed by atoms with Gasteiger partial charge >= 0.3 is 18.3 Å². The summed E-state index contributed by atoms with van der Waals surface area (Å²) < 4.78 is 39.3. The molecule has 0 fully saturated rings. The molecule has 27 heavy (non-hydrogen) atoms. The van der Waals surface area contributed by atoms with Gasteiger partial charge in [-0.2, -0.15) is 18.2 Å². The SMILES string of the molecule is O=C(O)N1CC=C2c3ccccc3N(c3cccc(C(F)(F)F)c3)C(=O)N21. The summed E-state index contributed by atoms with van der Waals surface area (Å²) in [4.78, 5) is 25.6. The maximum absolute atomic E-state index is 13.1. The van der Waals surface area contributed by atoms with Crippen LogP contribution in [0.3, 0.4) is 0 Å². The van der Waals surface area contributed by atoms with E-state index in [1.807, 2.05) is 0 Å². The second kappa shape index (κ2) is 5.76. The molecule has 9 heteroatoms. The van der Waals surface area contributed by atoms with Crippen molar-refractivity contribution in [2.24, 2.45) is 0 Å². The van der Waals surface area contributed by atoms with Crippen molar-refractivity contribution >= 4 is 29.2 Å². The van der Waals surface area contributed by atoms with Crippen LogP contribution in [0.25, 0.3) is 5.70 Å². The molecule has 0 saturated carbocycles. The molecule has 138 valence electrons. The Labute approximate surface area is 151 Å². The Kier molecular flexibility index (Phi) is 3.62. The van der Waals surface area contributed by atoms with Crippen LogP contribution in [0.5, 0.6) is 0 Å². The molecule has 2 aliphatic heterocycles. The molecule has 0 radical (unpaired) electrons. The van der Waals surface area contributed by atoms with Crippen LogP contribution < -0.4 is 4.90 Å². The molecule has 4 rings (SSSR count). The van der Waals surface area contributed by atoms with Crippen molar-refractivity contribution in [2.75, 3.05) is 11.4 Å². The number of urea groups is 1. The second-order valence-electron chi connectivity index (χ2n) is 5.95. The fourth-order valence-corrected chi connectivity index (χ4v) is 3.22. The van der Waals surface area contributed by atoms with Gasteiger partial charge in [0.2, 0.25) is 0 Å². The van der Waals surface area contributed by atoms with Crippen molar-refractivity contribution in [3.63, 3.8) is 0 Å². The quantitative estimate of drug-likeness (QED) is 0.797. The number of benzene rings is 2. The highest BCUT2D eigenvalue weighted by Gasteiger charge is 2.43. The van der Waals surface area contributed by atoms with E-state index in [0.717, 1.165) is 27.1 Å². The van der Waals surface area contributed by atoms with Crippen LogP contribution >= 0.6 is 0 Å². The lowest BCUT2D eigenvalue weighted by atomic mass is 10.0. The largest absolute Gasteiger partial charge is 0.464 e. The number of hydrogen-bond donors (Lipinski definition) is 1. The molecule has 3 amide bonds. The minimum absolute atomic E-state index is 0.00133. The highest BCUT2D eigenvalue weighted by Crippen LogP contribution is 2.43. The summed E-state index contributed by atoms with van der Waals surface area (Å²) in [6.07, 6.45) is -4.31. The smallest absolute Gasteiger partial charge is 0.427 e. The topological polar surface area (TPSA) is 64.1 Å². The zero-order chi connectivity index (χ0) is 19.3. The van der Waals surface area contributed by atoms with Gasteiger partial charge in [0.25, 0.3) is 0 Å². The van der Waals surface area contributed by atoms with E-state index in [-0.39, 0.29) is 12.2 Å². The van der Waals surface area contributed by atoms with Crippen LogP contribution in [0.15, 0.2) is 54.6 Å². The monoisotopic (exact) mass is 375 g/mol. The normalized spacial score (nSPS) is 16.2. The number of anilines is 2. The Hall–Kier alpha value is -3.49. The zero-order valence-corrected chi connectivity index (χ0v) is 13.6. The van der Waals surface area contributed by atoms with E-state index >= 15 is 0 Å². The van der Waals surface area contributed by atoms with E-state index in [0.29, 0.717) is 16.9 Å². The van der Waals surface area contributed by atoms with Gasteiger partial charge in [0.05, 0.1) is 29.2 Å². The molecule has 2 heterocycles. The zero-order valence-electron chi connectivity index (χ0n) is 13.6. The molecule has 0 saturated heterocycles. The minimum Gasteiger partial charge on any atom is -0.464 e. The molecule has 2 aliphatic rings. The first-order chi connectivity index (χ1) is 12.8. The molecule has 6 nitrogen and oxygen atoms in total. The summed E-state index contributed by atoms with van der Waals surface area (Å²) in [6.45, 7) is -0.0266. The molecule has 0 aliphatic carbocycles. The Balaban J connectivity index is 1.89. The predicted molar refractivity (Wildman–Crippen MR) is 90.0 cm³/mol. The lowest BCUT2D eigenvalue weighted by molar-refractivity contribution is -0.137. The van der Waals surface area contributed by atoms with E-state index in [1.54, 1.807) is 30.3 Å². The third-order valence-corrected chi connectivity index (χ3v) is 4.37. The van der Waals surface area contributed by atoms with Crippen LogP contribution in [-0.4, -0.2) is 33.8 Å². The maximum atomic E-state index is 13.1. The number of carbonyl (C=O) groups is 2. The van der Waals surface area contributed by atoms with Gasteiger partial charge in [-0.15, -0.1) is 0 Å². The lowest BCUT2D eigenvalue weighted by Gasteiger charge is -2.39. The fourth-order valence-electron chi connectivity index (χ4n) is 3.22. The highest BCUT2D eigenvalue weighted by atomic mass is 19.4. The van der Waals surface area contributed by atoms with Crippen LogP contribution in [0, 0.1) is 0 Å². The summed E-state index contributed by atoms with van der Waals surface area (Å²) >= 11 is 0. The van der Waals surface area contributed by atoms with E-state index in [2.05, 4.69) is 0 Å². The van der Waals surface area contributed by atoms with E-state index in [9.17, 15) is 27.9 Å². The summed E-state index contributed by atoms with van der Waals surface area (Å²) in [5, 5.41) is 11.1. The number of rotatable bonds is 1. The number of carboxylic acid groups (broad SMARTS) is 1. The van der Waals surface area contributed by atoms with E-state index < -0.39 is 23.9 Å². The van der Waals surface area contributed by atoms with Crippen molar-refractivity contribution < 1.29 is 27.9 Å². The number of halogens is 3. The Bertz CT molecular complexity index is 987. The molecule has 0 unspecified atom stereocenters. The third-order valence-electron chi connectivity index (χ3n) is 4.37. The summed E-state index contributed by atoms with van der Waals surface area (Å²) in [5.41, 5.74) is 0.428. The number of nitrogens with zero attached hydrogens (tertiary/aromatic N) is 3. The highest BCUT2D eigenvalue weighted by molar-refractivity contribution is 6.10. The van der Waals surface area contributed by atoms with Gasteiger partial charge in [-0.3, -0.25) is 4.90 Å². The van der Waals surface area contributed by atoms with E-state index in [4.69, 9.17) is 0 Å². The molecular weight excluding hydrogens is 363 g/mol. The van der Waals surface area contributed by atoms with Crippen molar-refractivity contribution in [1.29, 1.82) is 0 Å². The van der Waals surface area contributed by atoms with Gasteiger partial charge in [0, 0.05) is 5.56 Å². The van der Waals surface area contributed by atoms with Crippen molar-refractivity contribution in [3.05, 3.63) is 65.7 Å². The standard InChI is InChI=1S/C18H12F3N3O3/c19-18(20,21)11-4-3-5-12(10-11)23-14-7-2-1-6-13(14)15-8-9-22(17(26)27)24(15)16(23)25/h1-8,10H,9H2,(H,26,27). The number of para-hydroxylation sites is 1. The number of hydrogen-bond acceptors (Lipinski definition) is 2. The van der Waals surface area contributed by atoms with Crippen molar-refractivity contribution in [2.45, 2.75) is 6.18 Å². The van der Waals surface area contributed by atoms with Crippen LogP contribution in [0.2, 0.25) is 0 Å². The first-order valence-electron chi connectivity index (χ1n) is 7.90. The molecular formula is C18H12F3N3O3. The Morgan fingerprint density at radius 1 is 1.07 bits per heavy atom. The average Bonchev–Trinajstić information content (AvgIpc) is 3.07. The first-order valence-corrected chi connectivity index (χ1v) is 7.90. The van der Waals surface area contributed by atoms with E-state index in [1.165, 1.54) is 12.1 Å². The van der Waals surface area contributed by atoms with Crippen molar-refractivity contribution in [1.82, 2.24) is 10.0 Å². The predicted octanol–water partition coefficient (Wildman–Crippen LogP) is 4.53. The Morgan fingerprint density at radius 2 is 1.81 bits per heavy atom. The maximum Gasteiger partial charge on any atom is 0.427 e. The number of fused-ring (bicyclic) bond motifs is 3. The number of carbonyl (C=O) groups excluding carboxylic acids is 1. The summed E-state index contributed by atoms with van der Waals surface area (Å²) in [6, 6.07) is 10.3. The Morgan fingerprint density at radius 3 is 2.52 bits per heavy atom. The van der Waals surface area contributed by atoms with Gasteiger partial charge in [0.15, 0.2) is 0 Å². The third kappa shape index (κ3) is 2.59. The van der Waals surface area contributed by atoms with Gasteiger partial charge < -0.3 is 5.11 Å². The minimum atomic E-state index is -4.57. The van der Waals surface area contributed by atoms with Gasteiger partial charge in [-0.05, 0) is 30.3 Å². The first kappa shape index (κ1) is 17.0. The molecule has 0 aromatic heterocycles. The number of hydrazine groups is 1. The molecule has 2 aromatic rings. The second-order valence-corrected chi connectivity index (χ2v) is 5.95. The average molecular weight is 375 g/mol. The van der Waals surface area contributed by atoms with Crippen LogP contribution in [0.1, 0.15) is 11.1 Å². The number of alkyl halides is 3. The van der Waals surface area contributed by atoms with Crippen LogP contribution in [0.4, 0.5) is 34.1 Å². The molecule has 0 bridgehead atoms.